The zero-order valence-corrected chi connectivity index (χ0v) is 38.9. The fraction of sp³-hybridized carbons (Fsp3) is 0.0299. The van der Waals surface area contributed by atoms with Crippen LogP contribution >= 0.6 is 0 Å². The van der Waals surface area contributed by atoms with E-state index in [0.717, 1.165) is 45.1 Å². The second-order valence-corrected chi connectivity index (χ2v) is 18.4. The van der Waals surface area contributed by atoms with Crippen LogP contribution in [0.15, 0.2) is 237 Å². The van der Waals surface area contributed by atoms with Crippen LogP contribution < -0.4 is 9.80 Å². The first kappa shape index (κ1) is 41.0. The molecule has 0 radical (unpaired) electrons. The van der Waals surface area contributed by atoms with Crippen LogP contribution in [-0.4, -0.2) is 0 Å². The standard InChI is InChI=1S/C67H45N3/c1-43-39-61(46-27-33-51(34-28-46)69(49-16-5-3-6-17-49)50-18-7-4-8-19-50)64-59-23-13-14-24-60(59)65-62(40-44(2)55-38-37-54(43)66(64)67(55)65)47-29-35-53(36-30-47)70(52-31-25-45(42-68)26-32-52)63-41-48-15-9-10-20-56(48)57-21-11-12-22-58(57)63/h3-41H,1-2H3. The normalized spacial score (nSPS) is 11.6. The van der Waals surface area contributed by atoms with Gasteiger partial charge in [-0.3, -0.25) is 0 Å². The van der Waals surface area contributed by atoms with E-state index >= 15 is 0 Å². The van der Waals surface area contributed by atoms with E-state index in [1.165, 1.54) is 87.1 Å². The maximum absolute atomic E-state index is 9.76. The van der Waals surface area contributed by atoms with E-state index in [0.29, 0.717) is 5.56 Å². The van der Waals surface area contributed by atoms with E-state index in [-0.39, 0.29) is 0 Å². The number of para-hydroxylation sites is 2. The highest BCUT2D eigenvalue weighted by Crippen LogP contribution is 2.50. The van der Waals surface area contributed by atoms with Crippen molar-refractivity contribution in [3.8, 4) is 28.3 Å². The van der Waals surface area contributed by atoms with Gasteiger partial charge < -0.3 is 9.80 Å². The highest BCUT2D eigenvalue weighted by Gasteiger charge is 2.23. The van der Waals surface area contributed by atoms with Gasteiger partial charge in [0.25, 0.3) is 0 Å². The average molecular weight is 892 g/mol. The topological polar surface area (TPSA) is 30.3 Å². The second kappa shape index (κ2) is 16.5. The van der Waals surface area contributed by atoms with Crippen LogP contribution in [0.2, 0.25) is 0 Å². The van der Waals surface area contributed by atoms with Crippen molar-refractivity contribution < 1.29 is 0 Å². The zero-order chi connectivity index (χ0) is 46.9. The van der Waals surface area contributed by atoms with Crippen molar-refractivity contribution in [2.24, 2.45) is 0 Å². The van der Waals surface area contributed by atoms with Gasteiger partial charge >= 0.3 is 0 Å². The number of benzene rings is 13. The third-order valence-corrected chi connectivity index (χ3v) is 14.4. The summed E-state index contributed by atoms with van der Waals surface area (Å²) >= 11 is 0. The summed E-state index contributed by atoms with van der Waals surface area (Å²) in [5, 5.41) is 24.8. The third-order valence-electron chi connectivity index (χ3n) is 14.4. The lowest BCUT2D eigenvalue weighted by Gasteiger charge is -2.28. The number of rotatable bonds is 8. The molecule has 0 saturated carbocycles. The van der Waals surface area contributed by atoms with Crippen LogP contribution in [0, 0.1) is 25.2 Å². The molecule has 0 N–H and O–H groups in total. The molecule has 0 aliphatic carbocycles. The summed E-state index contributed by atoms with van der Waals surface area (Å²) in [5.74, 6) is 0. The quantitative estimate of drug-likeness (QED) is 0.112. The molecule has 0 atom stereocenters. The first-order valence-corrected chi connectivity index (χ1v) is 24.0. The number of fused-ring (bicyclic) bond motifs is 6. The summed E-state index contributed by atoms with van der Waals surface area (Å²) in [6.07, 6.45) is 0. The van der Waals surface area contributed by atoms with Crippen molar-refractivity contribution in [3.05, 3.63) is 253 Å². The molecule has 0 amide bonds. The molecule has 0 fully saturated rings. The van der Waals surface area contributed by atoms with Crippen LogP contribution in [-0.2, 0) is 0 Å². The lowest BCUT2D eigenvalue weighted by atomic mass is 9.81. The first-order valence-electron chi connectivity index (χ1n) is 24.0. The minimum atomic E-state index is 0.633. The Kier molecular flexibility index (Phi) is 9.68. The molecule has 0 unspecified atom stereocenters. The van der Waals surface area contributed by atoms with Gasteiger partial charge in [0.2, 0.25) is 0 Å². The predicted octanol–water partition coefficient (Wildman–Crippen LogP) is 18.8. The van der Waals surface area contributed by atoms with Crippen molar-refractivity contribution >= 4 is 98.8 Å². The van der Waals surface area contributed by atoms with E-state index in [9.17, 15) is 5.26 Å². The SMILES string of the molecule is Cc1cc(-c2ccc(N(c3ccccc3)c3ccccc3)cc2)c2c3ccccc3c3c(-c4ccc(N(c5ccc(C#N)cc5)c5cc6ccccc6c6ccccc56)cc4)cc(C)c4ccc1c2c43. The smallest absolute Gasteiger partial charge is 0.0991 e. The van der Waals surface area contributed by atoms with Gasteiger partial charge in [-0.1, -0.05) is 158 Å². The van der Waals surface area contributed by atoms with Gasteiger partial charge in [0.05, 0.1) is 17.3 Å². The Labute approximate surface area is 407 Å². The lowest BCUT2D eigenvalue weighted by Crippen LogP contribution is -2.10. The summed E-state index contributed by atoms with van der Waals surface area (Å²) in [4.78, 5) is 4.66. The molecule has 3 heteroatoms. The van der Waals surface area contributed by atoms with Crippen LogP contribution in [0.1, 0.15) is 16.7 Å². The van der Waals surface area contributed by atoms with Gasteiger partial charge in [0, 0.05) is 33.8 Å². The molecule has 0 spiro atoms. The number of nitriles is 1. The molecule has 3 nitrogen and oxygen atoms in total. The largest absolute Gasteiger partial charge is 0.311 e. The Morgan fingerprint density at radius 2 is 0.714 bits per heavy atom. The maximum atomic E-state index is 9.76. The first-order chi connectivity index (χ1) is 34.5. The second-order valence-electron chi connectivity index (χ2n) is 18.4. The van der Waals surface area contributed by atoms with E-state index in [1.54, 1.807) is 0 Å². The number of anilines is 6. The maximum Gasteiger partial charge on any atom is 0.0991 e. The molecule has 328 valence electrons. The van der Waals surface area contributed by atoms with Crippen LogP contribution in [0.4, 0.5) is 34.1 Å². The van der Waals surface area contributed by atoms with Gasteiger partial charge in [0.1, 0.15) is 0 Å². The van der Waals surface area contributed by atoms with Crippen molar-refractivity contribution in [1.29, 1.82) is 5.26 Å². The number of hydrogen-bond donors (Lipinski definition) is 0. The van der Waals surface area contributed by atoms with E-state index < -0.39 is 0 Å². The number of nitrogens with zero attached hydrogens (tertiary/aromatic N) is 3. The van der Waals surface area contributed by atoms with E-state index in [2.05, 4.69) is 254 Å². The number of aryl methyl sites for hydroxylation is 2. The van der Waals surface area contributed by atoms with Gasteiger partial charge in [-0.15, -0.1) is 0 Å². The molecule has 0 aliphatic rings. The highest BCUT2D eigenvalue weighted by atomic mass is 15.1. The molecule has 0 heterocycles. The van der Waals surface area contributed by atoms with Crippen LogP contribution in [0.25, 0.3) is 86.9 Å². The van der Waals surface area contributed by atoms with Gasteiger partial charge in [0.15, 0.2) is 0 Å². The molecule has 0 bridgehead atoms. The highest BCUT2D eigenvalue weighted by molar-refractivity contribution is 6.38. The molecule has 70 heavy (non-hydrogen) atoms. The van der Waals surface area contributed by atoms with Crippen LogP contribution in [0.5, 0.6) is 0 Å². The van der Waals surface area contributed by atoms with Gasteiger partial charge in [-0.2, -0.15) is 5.26 Å². The fourth-order valence-corrected chi connectivity index (χ4v) is 11.2. The summed E-state index contributed by atoms with van der Waals surface area (Å²) in [6, 6.07) is 87.8. The Hall–Kier alpha value is -9.23. The minimum absolute atomic E-state index is 0.633. The summed E-state index contributed by atoms with van der Waals surface area (Å²) in [6.45, 7) is 4.53. The average Bonchev–Trinajstić information content (AvgIpc) is 3.42. The van der Waals surface area contributed by atoms with Crippen LogP contribution in [0.3, 0.4) is 0 Å². The fourth-order valence-electron chi connectivity index (χ4n) is 11.2. The predicted molar refractivity (Wildman–Crippen MR) is 297 cm³/mol. The van der Waals surface area contributed by atoms with Crippen molar-refractivity contribution in [2.45, 2.75) is 13.8 Å². The molecule has 0 aromatic heterocycles. The third kappa shape index (κ3) is 6.57. The molecule has 13 aromatic rings. The van der Waals surface area contributed by atoms with Crippen molar-refractivity contribution in [2.75, 3.05) is 9.80 Å². The van der Waals surface area contributed by atoms with Crippen molar-refractivity contribution in [1.82, 2.24) is 0 Å². The number of hydrogen-bond acceptors (Lipinski definition) is 3. The van der Waals surface area contributed by atoms with E-state index in [4.69, 9.17) is 0 Å². The lowest BCUT2D eigenvalue weighted by molar-refractivity contribution is 1.28. The molecule has 0 saturated heterocycles. The molecular formula is C67H45N3. The molecule has 13 rings (SSSR count). The Morgan fingerprint density at radius 3 is 1.21 bits per heavy atom. The van der Waals surface area contributed by atoms with Gasteiger partial charge in [-0.25, -0.2) is 0 Å². The zero-order valence-electron chi connectivity index (χ0n) is 38.9. The molecule has 0 aliphatic heterocycles. The Balaban J connectivity index is 0.992. The van der Waals surface area contributed by atoms with E-state index in [1.807, 2.05) is 12.1 Å². The Morgan fingerprint density at radius 1 is 0.314 bits per heavy atom. The summed E-state index contributed by atoms with van der Waals surface area (Å²) in [7, 11) is 0. The Bertz CT molecular complexity index is 4130. The molecular weight excluding hydrogens is 847 g/mol. The van der Waals surface area contributed by atoms with Gasteiger partial charge in [-0.05, 0) is 185 Å². The summed E-state index contributed by atoms with van der Waals surface area (Å²) < 4.78 is 0. The molecule has 13 aromatic carbocycles. The summed E-state index contributed by atoms with van der Waals surface area (Å²) in [5.41, 5.74) is 14.4. The van der Waals surface area contributed by atoms with Crippen molar-refractivity contribution in [3.63, 3.8) is 0 Å². The monoisotopic (exact) mass is 891 g/mol. The minimum Gasteiger partial charge on any atom is -0.311 e.